The third-order valence-electron chi connectivity index (χ3n) is 2.65. The summed E-state index contributed by atoms with van der Waals surface area (Å²) in [5.41, 5.74) is 1.69. The summed E-state index contributed by atoms with van der Waals surface area (Å²) in [6.45, 7) is -0.772. The van der Waals surface area contributed by atoms with E-state index in [1.807, 2.05) is 24.3 Å². The van der Waals surface area contributed by atoms with Crippen LogP contribution in [0.4, 0.5) is 0 Å². The Balaban J connectivity index is 2.64. The third kappa shape index (κ3) is 5.58. The largest absolute Gasteiger partial charge is 0.394 e. The molecular formula is C14H20N2O4. The Labute approximate surface area is 117 Å². The first-order chi connectivity index (χ1) is 9.73. The van der Waals surface area contributed by atoms with E-state index in [-0.39, 0.29) is 26.4 Å². The zero-order valence-electron chi connectivity index (χ0n) is 11.1. The molecule has 1 aromatic rings. The van der Waals surface area contributed by atoms with Gasteiger partial charge in [-0.2, -0.15) is 0 Å². The second-order valence-corrected chi connectivity index (χ2v) is 4.26. The molecule has 0 aromatic heterocycles. The maximum Gasteiger partial charge on any atom is 0.0960 e. The molecule has 0 bridgehead atoms. The minimum absolute atomic E-state index is 0.193. The fraction of sp³-hybridized carbons (Fsp3) is 0.429. The molecule has 0 saturated heterocycles. The predicted molar refractivity (Wildman–Crippen MR) is 77.5 cm³/mol. The summed E-state index contributed by atoms with van der Waals surface area (Å²) >= 11 is 0. The van der Waals surface area contributed by atoms with Crippen LogP contribution in [0.25, 0.3) is 0 Å². The van der Waals surface area contributed by atoms with Gasteiger partial charge in [0, 0.05) is 12.4 Å². The van der Waals surface area contributed by atoms with Crippen LogP contribution in [0.5, 0.6) is 0 Å². The van der Waals surface area contributed by atoms with Crippen LogP contribution in [0.2, 0.25) is 0 Å². The lowest BCUT2D eigenvalue weighted by Crippen LogP contribution is -2.15. The second kappa shape index (κ2) is 9.33. The molecule has 0 aliphatic heterocycles. The summed E-state index contributed by atoms with van der Waals surface area (Å²) in [5, 5.41) is 35.5. The van der Waals surface area contributed by atoms with Crippen molar-refractivity contribution in [2.45, 2.75) is 12.1 Å². The minimum Gasteiger partial charge on any atom is -0.394 e. The third-order valence-corrected chi connectivity index (χ3v) is 2.65. The van der Waals surface area contributed by atoms with Crippen molar-refractivity contribution in [3.8, 4) is 0 Å². The summed E-state index contributed by atoms with van der Waals surface area (Å²) in [5.74, 6) is 0. The van der Waals surface area contributed by atoms with Crippen LogP contribution in [0.3, 0.4) is 0 Å². The van der Waals surface area contributed by atoms with Gasteiger partial charge in [-0.3, -0.25) is 9.98 Å². The summed E-state index contributed by atoms with van der Waals surface area (Å²) in [4.78, 5) is 8.07. The quantitative estimate of drug-likeness (QED) is 0.469. The number of aliphatic hydroxyl groups excluding tert-OH is 4. The van der Waals surface area contributed by atoms with Crippen molar-refractivity contribution in [3.05, 3.63) is 35.4 Å². The molecule has 20 heavy (non-hydrogen) atoms. The molecule has 0 saturated carbocycles. The van der Waals surface area contributed by atoms with E-state index in [9.17, 15) is 0 Å². The van der Waals surface area contributed by atoms with Gasteiger partial charge in [0.15, 0.2) is 0 Å². The Hall–Kier alpha value is -1.60. The number of nitrogens with zero attached hydrogens (tertiary/aromatic N) is 2. The van der Waals surface area contributed by atoms with E-state index >= 15 is 0 Å². The Kier molecular flexibility index (Phi) is 7.67. The summed E-state index contributed by atoms with van der Waals surface area (Å²) in [7, 11) is 0. The lowest BCUT2D eigenvalue weighted by atomic mass is 10.1. The van der Waals surface area contributed by atoms with E-state index in [0.717, 1.165) is 11.1 Å². The van der Waals surface area contributed by atoms with Gasteiger partial charge < -0.3 is 20.4 Å². The van der Waals surface area contributed by atoms with Crippen molar-refractivity contribution < 1.29 is 20.4 Å². The Morgan fingerprint density at radius 3 is 1.25 bits per heavy atom. The van der Waals surface area contributed by atoms with Gasteiger partial charge in [-0.05, 0) is 11.1 Å². The zero-order chi connectivity index (χ0) is 14.8. The molecule has 6 heteroatoms. The Bertz CT molecular complexity index is 382. The smallest absolute Gasteiger partial charge is 0.0960 e. The van der Waals surface area contributed by atoms with E-state index in [0.29, 0.717) is 0 Å². The molecule has 0 unspecified atom stereocenters. The molecule has 1 rings (SSSR count). The van der Waals surface area contributed by atoms with Crippen molar-refractivity contribution in [1.29, 1.82) is 0 Å². The van der Waals surface area contributed by atoms with Gasteiger partial charge in [-0.15, -0.1) is 0 Å². The van der Waals surface area contributed by atoms with Crippen molar-refractivity contribution >= 4 is 12.4 Å². The number of rotatable bonds is 8. The molecule has 110 valence electrons. The molecule has 0 fully saturated rings. The highest BCUT2D eigenvalue weighted by Crippen LogP contribution is 2.02. The first kappa shape index (κ1) is 16.5. The number of hydrogen-bond acceptors (Lipinski definition) is 6. The molecule has 0 aliphatic carbocycles. The SMILES string of the molecule is OCC(CO)/N=C/c1ccc(/C=N/C(CO)CO)cc1. The topological polar surface area (TPSA) is 106 Å². The lowest BCUT2D eigenvalue weighted by molar-refractivity contribution is 0.195. The van der Waals surface area contributed by atoms with Crippen LogP contribution < -0.4 is 0 Å². The van der Waals surface area contributed by atoms with E-state index in [4.69, 9.17) is 20.4 Å². The van der Waals surface area contributed by atoms with Gasteiger partial charge in [-0.25, -0.2) is 0 Å². The maximum absolute atomic E-state index is 8.88. The molecule has 6 nitrogen and oxygen atoms in total. The summed E-state index contributed by atoms with van der Waals surface area (Å²) in [6.07, 6.45) is 3.17. The van der Waals surface area contributed by atoms with Crippen LogP contribution in [0.1, 0.15) is 11.1 Å². The fourth-order valence-electron chi connectivity index (χ4n) is 1.36. The summed E-state index contributed by atoms with van der Waals surface area (Å²) in [6, 6.07) is 6.30. The van der Waals surface area contributed by atoms with Crippen LogP contribution in [-0.4, -0.2) is 71.4 Å². The van der Waals surface area contributed by atoms with Gasteiger partial charge in [0.1, 0.15) is 0 Å². The number of benzene rings is 1. The highest BCUT2D eigenvalue weighted by molar-refractivity contribution is 5.84. The first-order valence-electron chi connectivity index (χ1n) is 6.33. The molecule has 4 N–H and O–H groups in total. The molecule has 0 heterocycles. The van der Waals surface area contributed by atoms with E-state index in [2.05, 4.69) is 9.98 Å². The lowest BCUT2D eigenvalue weighted by Gasteiger charge is -2.04. The first-order valence-corrected chi connectivity index (χ1v) is 6.33. The Morgan fingerprint density at radius 2 is 1.00 bits per heavy atom. The molecule has 0 spiro atoms. The van der Waals surface area contributed by atoms with Crippen LogP contribution in [-0.2, 0) is 0 Å². The maximum atomic E-state index is 8.88. The molecule has 0 aliphatic rings. The molecular weight excluding hydrogens is 260 g/mol. The number of aliphatic hydroxyl groups is 4. The summed E-state index contributed by atoms with van der Waals surface area (Å²) < 4.78 is 0. The fourth-order valence-corrected chi connectivity index (χ4v) is 1.36. The van der Waals surface area contributed by atoms with Crippen LogP contribution >= 0.6 is 0 Å². The molecule has 0 amide bonds. The van der Waals surface area contributed by atoms with E-state index in [1.54, 1.807) is 12.4 Å². The second-order valence-electron chi connectivity index (χ2n) is 4.26. The highest BCUT2D eigenvalue weighted by Gasteiger charge is 2.01. The minimum atomic E-state index is -0.494. The van der Waals surface area contributed by atoms with Crippen molar-refractivity contribution in [1.82, 2.24) is 0 Å². The van der Waals surface area contributed by atoms with E-state index < -0.39 is 12.1 Å². The molecule has 0 atom stereocenters. The molecule has 0 radical (unpaired) electrons. The van der Waals surface area contributed by atoms with Crippen LogP contribution in [0.15, 0.2) is 34.3 Å². The van der Waals surface area contributed by atoms with Crippen molar-refractivity contribution in [2.75, 3.05) is 26.4 Å². The van der Waals surface area contributed by atoms with E-state index in [1.165, 1.54) is 0 Å². The molecule has 1 aromatic carbocycles. The highest BCUT2D eigenvalue weighted by atomic mass is 16.3. The monoisotopic (exact) mass is 280 g/mol. The van der Waals surface area contributed by atoms with Crippen LogP contribution in [0, 0.1) is 0 Å². The van der Waals surface area contributed by atoms with Gasteiger partial charge in [0.05, 0.1) is 38.5 Å². The van der Waals surface area contributed by atoms with Gasteiger partial charge >= 0.3 is 0 Å². The number of hydrogen-bond donors (Lipinski definition) is 4. The Morgan fingerprint density at radius 1 is 0.700 bits per heavy atom. The predicted octanol–water partition coefficient (Wildman–Crippen LogP) is -0.769. The average Bonchev–Trinajstić information content (AvgIpc) is 2.50. The standard InChI is InChI=1S/C14H20N2O4/c17-7-13(8-18)15-5-11-1-2-12(4-3-11)6-16-14(9-19)10-20/h1-6,13-14,17-20H,7-10H2/b15-5+,16-6+. The average molecular weight is 280 g/mol. The number of aliphatic imine (C=N–C) groups is 2. The zero-order valence-corrected chi connectivity index (χ0v) is 11.1. The normalized spacial score (nSPS) is 12.3. The van der Waals surface area contributed by atoms with Crippen molar-refractivity contribution in [3.63, 3.8) is 0 Å². The van der Waals surface area contributed by atoms with Gasteiger partial charge in [0.2, 0.25) is 0 Å². The van der Waals surface area contributed by atoms with Gasteiger partial charge in [0.25, 0.3) is 0 Å². The van der Waals surface area contributed by atoms with Gasteiger partial charge in [-0.1, -0.05) is 24.3 Å². The van der Waals surface area contributed by atoms with Crippen molar-refractivity contribution in [2.24, 2.45) is 9.98 Å².